The minimum Gasteiger partial charge on any atom is -0.350 e. The molecule has 1 aliphatic heterocycles. The fourth-order valence-electron chi connectivity index (χ4n) is 3.13. The number of aryl methyl sites for hydroxylation is 1. The highest BCUT2D eigenvalue weighted by molar-refractivity contribution is 5.92. The third kappa shape index (κ3) is 3.26. The van der Waals surface area contributed by atoms with Gasteiger partial charge in [0.2, 0.25) is 5.91 Å². The van der Waals surface area contributed by atoms with E-state index in [1.165, 1.54) is 0 Å². The van der Waals surface area contributed by atoms with E-state index in [1.54, 1.807) is 17.2 Å². The van der Waals surface area contributed by atoms with Crippen LogP contribution in [0.3, 0.4) is 0 Å². The summed E-state index contributed by atoms with van der Waals surface area (Å²) in [6.07, 6.45) is 3.79. The average molecular weight is 339 g/mol. The predicted octanol–water partition coefficient (Wildman–Crippen LogP) is 1.27. The molecule has 0 bridgehead atoms. The topological polar surface area (TPSA) is 80.1 Å². The molecule has 1 N–H and O–H groups in total. The number of nitrogens with zero attached hydrogens (tertiary/aromatic N) is 4. The number of aromatic nitrogens is 3. The van der Waals surface area contributed by atoms with Gasteiger partial charge in [-0.1, -0.05) is 6.07 Å². The van der Waals surface area contributed by atoms with Crippen LogP contribution in [0.2, 0.25) is 0 Å². The molecule has 25 heavy (non-hydrogen) atoms. The number of amides is 2. The Labute approximate surface area is 146 Å². The Hall–Kier alpha value is -2.70. The summed E-state index contributed by atoms with van der Waals surface area (Å²) in [6.45, 7) is 4.13. The highest BCUT2D eigenvalue weighted by Crippen LogP contribution is 2.28. The van der Waals surface area contributed by atoms with E-state index in [4.69, 9.17) is 0 Å². The van der Waals surface area contributed by atoms with Crippen molar-refractivity contribution >= 4 is 11.8 Å². The normalized spacial score (nSPS) is 16.4. The van der Waals surface area contributed by atoms with E-state index in [1.807, 2.05) is 19.1 Å². The van der Waals surface area contributed by atoms with Crippen LogP contribution in [0.1, 0.15) is 40.5 Å². The van der Waals surface area contributed by atoms with Gasteiger partial charge in [-0.2, -0.15) is 0 Å². The number of nitrogens with one attached hydrogen (secondary N) is 1. The summed E-state index contributed by atoms with van der Waals surface area (Å²) in [5.74, 6) is 1.12. The molecule has 7 nitrogen and oxygen atoms in total. The molecule has 7 heteroatoms. The molecule has 2 amide bonds. The maximum atomic E-state index is 12.6. The molecule has 2 aromatic rings. The molecule has 0 radical (unpaired) electrons. The van der Waals surface area contributed by atoms with Crippen molar-refractivity contribution in [2.24, 2.45) is 5.92 Å². The average Bonchev–Trinajstić information content (AvgIpc) is 3.40. The Morgan fingerprint density at radius 2 is 2.12 bits per heavy atom. The van der Waals surface area contributed by atoms with Crippen molar-refractivity contribution in [3.8, 4) is 0 Å². The van der Waals surface area contributed by atoms with Crippen molar-refractivity contribution in [3.05, 3.63) is 47.3 Å². The van der Waals surface area contributed by atoms with Crippen LogP contribution in [0.25, 0.3) is 0 Å². The van der Waals surface area contributed by atoms with Crippen molar-refractivity contribution in [2.45, 2.75) is 39.4 Å². The first-order valence-corrected chi connectivity index (χ1v) is 8.66. The Kier molecular flexibility index (Phi) is 3.99. The number of hydrogen-bond acceptors (Lipinski definition) is 4. The van der Waals surface area contributed by atoms with Crippen molar-refractivity contribution < 1.29 is 9.59 Å². The second kappa shape index (κ2) is 6.31. The number of rotatable bonds is 4. The van der Waals surface area contributed by atoms with Crippen LogP contribution in [0, 0.1) is 12.8 Å². The lowest BCUT2D eigenvalue weighted by molar-refractivity contribution is -0.122. The van der Waals surface area contributed by atoms with Crippen LogP contribution in [0.15, 0.2) is 24.4 Å². The molecule has 0 unspecified atom stereocenters. The lowest BCUT2D eigenvalue weighted by Gasteiger charge is -2.28. The van der Waals surface area contributed by atoms with Gasteiger partial charge in [0.15, 0.2) is 0 Å². The number of carbonyl (C=O) groups excluding carboxylic acids is 2. The van der Waals surface area contributed by atoms with Crippen LogP contribution < -0.4 is 5.32 Å². The van der Waals surface area contributed by atoms with E-state index in [0.717, 1.165) is 30.1 Å². The second-order valence-electron chi connectivity index (χ2n) is 6.70. The lowest BCUT2D eigenvalue weighted by Crippen LogP contribution is -2.39. The Bertz CT molecular complexity index is 825. The summed E-state index contributed by atoms with van der Waals surface area (Å²) in [6, 6.07) is 5.47. The maximum absolute atomic E-state index is 12.6. The number of carbonyl (C=O) groups is 2. The summed E-state index contributed by atoms with van der Waals surface area (Å²) >= 11 is 0. The molecule has 2 aliphatic rings. The van der Waals surface area contributed by atoms with Gasteiger partial charge in [0.05, 0.1) is 25.0 Å². The van der Waals surface area contributed by atoms with Gasteiger partial charge in [0.25, 0.3) is 5.91 Å². The standard InChI is InChI=1S/C18H21N5O2/c1-12-3-2-4-15(21-12)18(25)22-7-8-23-14(9-19-16(23)11-22)10-20-17(24)13-5-6-13/h2-4,9,13H,5-8,10-11H2,1H3,(H,20,24). The molecular weight excluding hydrogens is 318 g/mol. The van der Waals surface area contributed by atoms with Crippen molar-refractivity contribution in [3.63, 3.8) is 0 Å². The molecule has 1 fully saturated rings. The molecule has 3 heterocycles. The lowest BCUT2D eigenvalue weighted by atomic mass is 10.2. The molecule has 0 atom stereocenters. The fraction of sp³-hybridized carbons (Fsp3) is 0.444. The SMILES string of the molecule is Cc1cccc(C(=O)N2CCn3c(CNC(=O)C4CC4)cnc3C2)n1. The predicted molar refractivity (Wildman–Crippen MR) is 90.5 cm³/mol. The van der Waals surface area contributed by atoms with Gasteiger partial charge < -0.3 is 14.8 Å². The summed E-state index contributed by atoms with van der Waals surface area (Å²) in [5.41, 5.74) is 2.29. The summed E-state index contributed by atoms with van der Waals surface area (Å²) in [5, 5.41) is 2.97. The van der Waals surface area contributed by atoms with E-state index in [9.17, 15) is 9.59 Å². The quantitative estimate of drug-likeness (QED) is 0.910. The molecule has 130 valence electrons. The van der Waals surface area contributed by atoms with Gasteiger partial charge in [-0.3, -0.25) is 9.59 Å². The Morgan fingerprint density at radius 1 is 1.28 bits per heavy atom. The molecular formula is C18H21N5O2. The van der Waals surface area contributed by atoms with Crippen LogP contribution in [-0.2, 0) is 24.4 Å². The first-order valence-electron chi connectivity index (χ1n) is 8.66. The van der Waals surface area contributed by atoms with Gasteiger partial charge in [-0.15, -0.1) is 0 Å². The van der Waals surface area contributed by atoms with Gasteiger partial charge in [0.1, 0.15) is 11.5 Å². The first kappa shape index (κ1) is 15.8. The summed E-state index contributed by atoms with van der Waals surface area (Å²) in [4.78, 5) is 35.0. The third-order valence-electron chi connectivity index (χ3n) is 4.73. The molecule has 2 aromatic heterocycles. The van der Waals surface area contributed by atoms with Crippen molar-refractivity contribution in [1.82, 2.24) is 24.8 Å². The van der Waals surface area contributed by atoms with Gasteiger partial charge in [0, 0.05) is 24.7 Å². The Morgan fingerprint density at radius 3 is 2.88 bits per heavy atom. The molecule has 1 aliphatic carbocycles. The smallest absolute Gasteiger partial charge is 0.272 e. The van der Waals surface area contributed by atoms with E-state index < -0.39 is 0 Å². The number of fused-ring (bicyclic) bond motifs is 1. The van der Waals surface area contributed by atoms with Crippen molar-refractivity contribution in [1.29, 1.82) is 0 Å². The van der Waals surface area contributed by atoms with Gasteiger partial charge in [-0.05, 0) is 31.9 Å². The van der Waals surface area contributed by atoms with Crippen molar-refractivity contribution in [2.75, 3.05) is 6.54 Å². The summed E-state index contributed by atoms with van der Waals surface area (Å²) in [7, 11) is 0. The zero-order valence-corrected chi connectivity index (χ0v) is 14.2. The monoisotopic (exact) mass is 339 g/mol. The largest absolute Gasteiger partial charge is 0.350 e. The molecule has 1 saturated carbocycles. The van der Waals surface area contributed by atoms with E-state index >= 15 is 0 Å². The molecule has 0 spiro atoms. The fourth-order valence-corrected chi connectivity index (χ4v) is 3.13. The summed E-state index contributed by atoms with van der Waals surface area (Å²) < 4.78 is 2.10. The molecule has 0 saturated heterocycles. The first-order chi connectivity index (χ1) is 12.1. The zero-order chi connectivity index (χ0) is 17.4. The molecule has 4 rings (SSSR count). The highest BCUT2D eigenvalue weighted by atomic mass is 16.2. The van der Waals surface area contributed by atoms with Crippen LogP contribution in [0.4, 0.5) is 0 Å². The van der Waals surface area contributed by atoms with Crippen LogP contribution in [-0.4, -0.2) is 37.8 Å². The van der Waals surface area contributed by atoms with E-state index in [0.29, 0.717) is 31.9 Å². The Balaban J connectivity index is 1.43. The number of imidazole rings is 1. The third-order valence-corrected chi connectivity index (χ3v) is 4.73. The zero-order valence-electron chi connectivity index (χ0n) is 14.2. The van der Waals surface area contributed by atoms with E-state index in [-0.39, 0.29) is 17.7 Å². The van der Waals surface area contributed by atoms with Gasteiger partial charge >= 0.3 is 0 Å². The number of hydrogen-bond donors (Lipinski definition) is 1. The highest BCUT2D eigenvalue weighted by Gasteiger charge is 2.30. The second-order valence-corrected chi connectivity index (χ2v) is 6.70. The van der Waals surface area contributed by atoms with Crippen LogP contribution in [0.5, 0.6) is 0 Å². The number of pyridine rings is 1. The minimum atomic E-state index is -0.0680. The maximum Gasteiger partial charge on any atom is 0.272 e. The molecule has 0 aromatic carbocycles. The van der Waals surface area contributed by atoms with Crippen LogP contribution >= 0.6 is 0 Å². The van der Waals surface area contributed by atoms with E-state index in [2.05, 4.69) is 19.9 Å². The minimum absolute atomic E-state index is 0.0680. The van der Waals surface area contributed by atoms with Gasteiger partial charge in [-0.25, -0.2) is 9.97 Å².